The Morgan fingerprint density at radius 1 is 1.22 bits per heavy atom. The van der Waals surface area contributed by atoms with E-state index in [0.717, 1.165) is 32.1 Å². The van der Waals surface area contributed by atoms with E-state index in [1.54, 1.807) is 0 Å². The maximum atomic E-state index is 11.8. The van der Waals surface area contributed by atoms with Crippen LogP contribution < -0.4 is 10.6 Å². The highest BCUT2D eigenvalue weighted by Gasteiger charge is 2.35. The van der Waals surface area contributed by atoms with Gasteiger partial charge in [0.05, 0.1) is 18.5 Å². The van der Waals surface area contributed by atoms with E-state index in [1.165, 1.54) is 0 Å². The molecular formula is C13H24N2O3. The van der Waals surface area contributed by atoms with Crippen LogP contribution in [0.15, 0.2) is 0 Å². The first kappa shape index (κ1) is 15.0. The number of hydrogen-bond acceptors (Lipinski definition) is 3. The summed E-state index contributed by atoms with van der Waals surface area (Å²) >= 11 is 0. The van der Waals surface area contributed by atoms with Crippen molar-refractivity contribution < 1.29 is 14.7 Å². The molecule has 1 amide bonds. The van der Waals surface area contributed by atoms with Crippen molar-refractivity contribution in [3.63, 3.8) is 0 Å². The lowest BCUT2D eigenvalue weighted by molar-refractivity contribution is -0.139. The zero-order valence-electron chi connectivity index (χ0n) is 11.3. The van der Waals surface area contributed by atoms with Crippen LogP contribution in [-0.4, -0.2) is 35.1 Å². The highest BCUT2D eigenvalue weighted by Crippen LogP contribution is 2.31. The Labute approximate surface area is 108 Å². The van der Waals surface area contributed by atoms with E-state index in [-0.39, 0.29) is 24.9 Å². The van der Waals surface area contributed by atoms with Gasteiger partial charge in [0.25, 0.3) is 0 Å². The van der Waals surface area contributed by atoms with E-state index < -0.39 is 11.5 Å². The first-order valence-electron chi connectivity index (χ1n) is 6.70. The van der Waals surface area contributed by atoms with Crippen LogP contribution in [0.1, 0.15) is 52.4 Å². The standard InChI is InChI=1S/C13H24N2O3/c1-10(2)14-9-11(16)15-13(8-12(17)18)6-4-3-5-7-13/h10,14H,3-9H2,1-2H3,(H,15,16)(H,17,18). The summed E-state index contributed by atoms with van der Waals surface area (Å²) < 4.78 is 0. The van der Waals surface area contributed by atoms with Crippen molar-refractivity contribution in [2.24, 2.45) is 0 Å². The molecule has 1 fully saturated rings. The monoisotopic (exact) mass is 256 g/mol. The molecule has 5 nitrogen and oxygen atoms in total. The molecule has 1 rings (SSSR count). The molecule has 5 heteroatoms. The zero-order chi connectivity index (χ0) is 13.6. The number of nitrogens with one attached hydrogen (secondary N) is 2. The molecule has 0 aliphatic heterocycles. The number of carbonyl (C=O) groups is 2. The molecule has 104 valence electrons. The number of hydrogen-bond donors (Lipinski definition) is 3. The fraction of sp³-hybridized carbons (Fsp3) is 0.846. The van der Waals surface area contributed by atoms with Crippen LogP contribution in [0.5, 0.6) is 0 Å². The van der Waals surface area contributed by atoms with E-state index in [1.807, 2.05) is 13.8 Å². The number of carbonyl (C=O) groups excluding carboxylic acids is 1. The van der Waals surface area contributed by atoms with Gasteiger partial charge < -0.3 is 15.7 Å². The van der Waals surface area contributed by atoms with Crippen molar-refractivity contribution in [1.82, 2.24) is 10.6 Å². The SMILES string of the molecule is CC(C)NCC(=O)NC1(CC(=O)O)CCCCC1. The first-order valence-corrected chi connectivity index (χ1v) is 6.70. The van der Waals surface area contributed by atoms with Crippen LogP contribution in [0.4, 0.5) is 0 Å². The van der Waals surface area contributed by atoms with E-state index in [4.69, 9.17) is 5.11 Å². The van der Waals surface area contributed by atoms with Crippen molar-refractivity contribution in [2.45, 2.75) is 64.0 Å². The Morgan fingerprint density at radius 3 is 2.33 bits per heavy atom. The fourth-order valence-corrected chi connectivity index (χ4v) is 2.50. The Hall–Kier alpha value is -1.10. The zero-order valence-corrected chi connectivity index (χ0v) is 11.3. The Bertz CT molecular complexity index is 297. The van der Waals surface area contributed by atoms with Crippen LogP contribution in [0.3, 0.4) is 0 Å². The largest absolute Gasteiger partial charge is 0.481 e. The highest BCUT2D eigenvalue weighted by molar-refractivity contribution is 5.80. The van der Waals surface area contributed by atoms with Gasteiger partial charge in [-0.3, -0.25) is 9.59 Å². The number of carboxylic acids is 1. The molecular weight excluding hydrogens is 232 g/mol. The van der Waals surface area contributed by atoms with Crippen molar-refractivity contribution in [3.8, 4) is 0 Å². The summed E-state index contributed by atoms with van der Waals surface area (Å²) in [5, 5.41) is 15.0. The number of aliphatic carboxylic acids is 1. The molecule has 1 aliphatic rings. The van der Waals surface area contributed by atoms with E-state index in [2.05, 4.69) is 10.6 Å². The first-order chi connectivity index (χ1) is 8.43. The minimum atomic E-state index is -0.839. The maximum Gasteiger partial charge on any atom is 0.305 e. The predicted molar refractivity (Wildman–Crippen MR) is 69.4 cm³/mol. The van der Waals surface area contributed by atoms with E-state index in [0.29, 0.717) is 0 Å². The third-order valence-electron chi connectivity index (χ3n) is 3.38. The third-order valence-corrected chi connectivity index (χ3v) is 3.38. The summed E-state index contributed by atoms with van der Waals surface area (Å²) in [6.45, 7) is 4.20. The number of amides is 1. The van der Waals surface area contributed by atoms with Gasteiger partial charge in [0.1, 0.15) is 0 Å². The average molecular weight is 256 g/mol. The average Bonchev–Trinajstić information content (AvgIpc) is 2.26. The summed E-state index contributed by atoms with van der Waals surface area (Å²) in [6.07, 6.45) is 4.68. The molecule has 1 aliphatic carbocycles. The van der Waals surface area contributed by atoms with Gasteiger partial charge in [-0.2, -0.15) is 0 Å². The topological polar surface area (TPSA) is 78.4 Å². The molecule has 0 spiro atoms. The predicted octanol–water partition coefficient (Wildman–Crippen LogP) is 1.28. The van der Waals surface area contributed by atoms with Crippen LogP contribution in [0.25, 0.3) is 0 Å². The molecule has 0 unspecified atom stereocenters. The lowest BCUT2D eigenvalue weighted by Crippen LogP contribution is -2.53. The van der Waals surface area contributed by atoms with Gasteiger partial charge in [0, 0.05) is 6.04 Å². The Kier molecular flexibility index (Phi) is 5.59. The Morgan fingerprint density at radius 2 is 1.83 bits per heavy atom. The highest BCUT2D eigenvalue weighted by atomic mass is 16.4. The molecule has 18 heavy (non-hydrogen) atoms. The van der Waals surface area contributed by atoms with Gasteiger partial charge in [0.2, 0.25) is 5.91 Å². The van der Waals surface area contributed by atoms with Crippen LogP contribution in [0.2, 0.25) is 0 Å². The minimum absolute atomic E-state index is 0.0282. The van der Waals surface area contributed by atoms with Gasteiger partial charge in [-0.05, 0) is 12.8 Å². The second-order valence-electron chi connectivity index (χ2n) is 5.50. The lowest BCUT2D eigenvalue weighted by atomic mass is 9.79. The van der Waals surface area contributed by atoms with Gasteiger partial charge in [0.15, 0.2) is 0 Å². The summed E-state index contributed by atoms with van der Waals surface area (Å²) in [5.41, 5.74) is -0.528. The van der Waals surface area contributed by atoms with Gasteiger partial charge in [-0.25, -0.2) is 0 Å². The number of carboxylic acid groups (broad SMARTS) is 1. The third kappa shape index (κ3) is 5.04. The smallest absolute Gasteiger partial charge is 0.305 e. The summed E-state index contributed by atoms with van der Waals surface area (Å²) in [5.74, 6) is -0.944. The van der Waals surface area contributed by atoms with Gasteiger partial charge >= 0.3 is 5.97 Å². The van der Waals surface area contributed by atoms with E-state index >= 15 is 0 Å². The van der Waals surface area contributed by atoms with Crippen LogP contribution in [0, 0.1) is 0 Å². The van der Waals surface area contributed by atoms with Gasteiger partial charge in [-0.1, -0.05) is 33.1 Å². The summed E-state index contributed by atoms with van der Waals surface area (Å²) in [6, 6.07) is 0.248. The second-order valence-corrected chi connectivity index (χ2v) is 5.50. The molecule has 1 saturated carbocycles. The van der Waals surface area contributed by atoms with Crippen molar-refractivity contribution in [3.05, 3.63) is 0 Å². The van der Waals surface area contributed by atoms with Crippen molar-refractivity contribution in [2.75, 3.05) is 6.54 Å². The molecule has 0 aromatic carbocycles. The van der Waals surface area contributed by atoms with Gasteiger partial charge in [-0.15, -0.1) is 0 Å². The summed E-state index contributed by atoms with van der Waals surface area (Å²) in [4.78, 5) is 22.8. The number of rotatable bonds is 6. The molecule has 0 atom stereocenters. The molecule has 0 aromatic rings. The van der Waals surface area contributed by atoms with Crippen molar-refractivity contribution >= 4 is 11.9 Å². The normalized spacial score (nSPS) is 18.6. The van der Waals surface area contributed by atoms with E-state index in [9.17, 15) is 9.59 Å². The minimum Gasteiger partial charge on any atom is -0.481 e. The molecule has 0 radical (unpaired) electrons. The van der Waals surface area contributed by atoms with Crippen LogP contribution in [-0.2, 0) is 9.59 Å². The molecule has 0 saturated heterocycles. The quantitative estimate of drug-likeness (QED) is 0.669. The van der Waals surface area contributed by atoms with Crippen LogP contribution >= 0.6 is 0 Å². The fourth-order valence-electron chi connectivity index (χ4n) is 2.50. The molecule has 3 N–H and O–H groups in total. The second kappa shape index (κ2) is 6.73. The maximum absolute atomic E-state index is 11.8. The Balaban J connectivity index is 2.55. The molecule has 0 bridgehead atoms. The lowest BCUT2D eigenvalue weighted by Gasteiger charge is -2.37. The molecule has 0 heterocycles. The summed E-state index contributed by atoms with van der Waals surface area (Å²) in [7, 11) is 0. The molecule has 0 aromatic heterocycles. The van der Waals surface area contributed by atoms with Crippen molar-refractivity contribution in [1.29, 1.82) is 0 Å².